The van der Waals surface area contributed by atoms with Gasteiger partial charge in [0.1, 0.15) is 11.5 Å². The third-order valence-electron chi connectivity index (χ3n) is 5.08. The molecule has 1 heterocycles. The van der Waals surface area contributed by atoms with Gasteiger partial charge in [0, 0.05) is 24.7 Å². The van der Waals surface area contributed by atoms with Crippen LogP contribution < -0.4 is 15.8 Å². The minimum absolute atomic E-state index is 0. The highest BCUT2D eigenvalue weighted by molar-refractivity contribution is 14.0. The molecule has 3 rings (SSSR count). The van der Waals surface area contributed by atoms with Gasteiger partial charge >= 0.3 is 6.09 Å². The predicted molar refractivity (Wildman–Crippen MR) is 133 cm³/mol. The van der Waals surface area contributed by atoms with E-state index < -0.39 is 0 Å². The molecule has 1 fully saturated rings. The summed E-state index contributed by atoms with van der Waals surface area (Å²) in [6.45, 7) is 5.95. The van der Waals surface area contributed by atoms with Crippen LogP contribution in [-0.2, 0) is 11.3 Å². The molecule has 0 spiro atoms. The van der Waals surface area contributed by atoms with E-state index in [2.05, 4.69) is 10.3 Å². The number of aliphatic imine (C=N–C) groups is 1. The number of aryl methyl sites for hydroxylation is 1. The van der Waals surface area contributed by atoms with Crippen molar-refractivity contribution in [1.29, 1.82) is 0 Å². The summed E-state index contributed by atoms with van der Waals surface area (Å²) in [7, 11) is 0. The van der Waals surface area contributed by atoms with Crippen LogP contribution in [0.3, 0.4) is 0 Å². The van der Waals surface area contributed by atoms with E-state index in [4.69, 9.17) is 15.2 Å². The molecular formula is C23H31IN4O3. The zero-order chi connectivity index (χ0) is 21.3. The number of hydrogen-bond acceptors (Lipinski definition) is 4. The highest BCUT2D eigenvalue weighted by atomic mass is 127. The van der Waals surface area contributed by atoms with Gasteiger partial charge in [-0.15, -0.1) is 24.0 Å². The Morgan fingerprint density at radius 1 is 1.13 bits per heavy atom. The van der Waals surface area contributed by atoms with Gasteiger partial charge in [-0.3, -0.25) is 0 Å². The fourth-order valence-corrected chi connectivity index (χ4v) is 3.37. The van der Waals surface area contributed by atoms with Crippen molar-refractivity contribution in [1.82, 2.24) is 10.2 Å². The third kappa shape index (κ3) is 7.30. The molecule has 0 unspecified atom stereocenters. The van der Waals surface area contributed by atoms with Crippen molar-refractivity contribution in [3.8, 4) is 11.5 Å². The Balaban J connectivity index is 0.00000341. The number of nitrogens with one attached hydrogen (secondary N) is 1. The van der Waals surface area contributed by atoms with Gasteiger partial charge in [0.15, 0.2) is 5.96 Å². The largest absolute Gasteiger partial charge is 0.457 e. The predicted octanol–water partition coefficient (Wildman–Crippen LogP) is 4.43. The Bertz CT molecular complexity index is 883. The van der Waals surface area contributed by atoms with E-state index >= 15 is 0 Å². The van der Waals surface area contributed by atoms with E-state index in [1.165, 1.54) is 0 Å². The molecule has 0 bridgehead atoms. The molecule has 1 amide bonds. The van der Waals surface area contributed by atoms with Crippen molar-refractivity contribution in [2.24, 2.45) is 10.7 Å². The van der Waals surface area contributed by atoms with Crippen LogP contribution in [0.15, 0.2) is 53.5 Å². The molecule has 1 aliphatic heterocycles. The number of nitrogens with zero attached hydrogens (tertiary/aromatic N) is 2. The van der Waals surface area contributed by atoms with Crippen molar-refractivity contribution >= 4 is 36.0 Å². The third-order valence-corrected chi connectivity index (χ3v) is 5.08. The highest BCUT2D eigenvalue weighted by Gasteiger charge is 2.23. The summed E-state index contributed by atoms with van der Waals surface area (Å²) in [5, 5.41) is 3.27. The first kappa shape index (κ1) is 24.8. The number of amides is 1. The van der Waals surface area contributed by atoms with Crippen LogP contribution in [-0.4, -0.2) is 42.7 Å². The minimum Gasteiger partial charge on any atom is -0.457 e. The van der Waals surface area contributed by atoms with E-state index in [0.717, 1.165) is 35.5 Å². The van der Waals surface area contributed by atoms with E-state index in [1.807, 2.05) is 62.4 Å². The Morgan fingerprint density at radius 2 is 1.77 bits per heavy atom. The quantitative estimate of drug-likeness (QED) is 0.323. The number of para-hydroxylation sites is 2. The second-order valence-corrected chi connectivity index (χ2v) is 7.28. The lowest BCUT2D eigenvalue weighted by molar-refractivity contribution is 0.0963. The van der Waals surface area contributed by atoms with Crippen molar-refractivity contribution < 1.29 is 14.3 Å². The lowest BCUT2D eigenvalue weighted by Crippen LogP contribution is -2.48. The number of ether oxygens (including phenoxy) is 2. The number of hydrogen-bond donors (Lipinski definition) is 2. The normalized spacial score (nSPS) is 14.5. The van der Waals surface area contributed by atoms with E-state index in [-0.39, 0.29) is 36.1 Å². The topological polar surface area (TPSA) is 89.2 Å². The molecule has 2 aromatic carbocycles. The standard InChI is InChI=1S/C23H30N4O3.HI/c1-3-29-23(28)27-14-12-19(13-15-27)26-22(24)25-16-18-9-5-7-11-21(18)30-20-10-6-4-8-17(20)2;/h4-11,19H,3,12-16H2,1-2H3,(H3,24,25,26);1H. The number of rotatable bonds is 6. The van der Waals surface area contributed by atoms with Gasteiger partial charge in [-0.05, 0) is 44.4 Å². The number of benzene rings is 2. The zero-order valence-electron chi connectivity index (χ0n) is 18.0. The molecular weight excluding hydrogens is 507 g/mol. The first-order valence-corrected chi connectivity index (χ1v) is 10.4. The molecule has 0 saturated carbocycles. The summed E-state index contributed by atoms with van der Waals surface area (Å²) < 4.78 is 11.1. The lowest BCUT2D eigenvalue weighted by Gasteiger charge is -2.31. The summed E-state index contributed by atoms with van der Waals surface area (Å²) in [5.41, 5.74) is 8.15. The van der Waals surface area contributed by atoms with Gasteiger partial charge in [0.05, 0.1) is 13.2 Å². The summed E-state index contributed by atoms with van der Waals surface area (Å²) in [4.78, 5) is 18.0. The second kappa shape index (κ2) is 12.4. The van der Waals surface area contributed by atoms with Gasteiger partial charge < -0.3 is 25.4 Å². The molecule has 1 saturated heterocycles. The Hall–Kier alpha value is -2.49. The van der Waals surface area contributed by atoms with Gasteiger partial charge in [-0.1, -0.05) is 36.4 Å². The molecule has 7 nitrogen and oxygen atoms in total. The van der Waals surface area contributed by atoms with Crippen molar-refractivity contribution in [2.45, 2.75) is 39.3 Å². The summed E-state index contributed by atoms with van der Waals surface area (Å²) in [5.74, 6) is 2.00. The van der Waals surface area contributed by atoms with E-state index in [9.17, 15) is 4.79 Å². The molecule has 0 aromatic heterocycles. The zero-order valence-corrected chi connectivity index (χ0v) is 20.4. The molecule has 31 heavy (non-hydrogen) atoms. The van der Waals surface area contributed by atoms with Gasteiger partial charge in [0.25, 0.3) is 0 Å². The monoisotopic (exact) mass is 538 g/mol. The fourth-order valence-electron chi connectivity index (χ4n) is 3.37. The molecule has 0 atom stereocenters. The lowest BCUT2D eigenvalue weighted by atomic mass is 10.1. The minimum atomic E-state index is -0.247. The van der Waals surface area contributed by atoms with Crippen molar-refractivity contribution in [3.63, 3.8) is 0 Å². The molecule has 2 aromatic rings. The van der Waals surface area contributed by atoms with E-state index in [1.54, 1.807) is 4.90 Å². The smallest absolute Gasteiger partial charge is 0.409 e. The maximum absolute atomic E-state index is 11.8. The first-order chi connectivity index (χ1) is 14.6. The van der Waals surface area contributed by atoms with Crippen LogP contribution in [0.1, 0.15) is 30.9 Å². The van der Waals surface area contributed by atoms with Crippen LogP contribution >= 0.6 is 24.0 Å². The molecule has 0 aliphatic carbocycles. The number of carbonyl (C=O) groups excluding carboxylic acids is 1. The Morgan fingerprint density at radius 3 is 2.45 bits per heavy atom. The van der Waals surface area contributed by atoms with Crippen LogP contribution in [0.2, 0.25) is 0 Å². The molecule has 1 aliphatic rings. The molecule has 8 heteroatoms. The first-order valence-electron chi connectivity index (χ1n) is 10.4. The SMILES string of the molecule is CCOC(=O)N1CCC(NC(N)=NCc2ccccc2Oc2ccccc2C)CC1.I. The number of piperidine rings is 1. The highest BCUT2D eigenvalue weighted by Crippen LogP contribution is 2.28. The second-order valence-electron chi connectivity index (χ2n) is 7.28. The van der Waals surface area contributed by atoms with Crippen molar-refractivity contribution in [2.75, 3.05) is 19.7 Å². The number of carbonyl (C=O) groups is 1. The summed E-state index contributed by atoms with van der Waals surface area (Å²) in [6.07, 6.45) is 1.37. The number of nitrogens with two attached hydrogens (primary N) is 1. The van der Waals surface area contributed by atoms with Crippen LogP contribution in [0.25, 0.3) is 0 Å². The van der Waals surface area contributed by atoms with Gasteiger partial charge in [0.2, 0.25) is 0 Å². The van der Waals surface area contributed by atoms with Crippen molar-refractivity contribution in [3.05, 3.63) is 59.7 Å². The van der Waals surface area contributed by atoms with Gasteiger partial charge in [-0.2, -0.15) is 0 Å². The molecule has 0 radical (unpaired) electrons. The Kier molecular flexibility index (Phi) is 9.90. The number of halogens is 1. The molecule has 3 N–H and O–H groups in total. The maximum Gasteiger partial charge on any atom is 0.409 e. The average Bonchev–Trinajstić information content (AvgIpc) is 2.75. The fraction of sp³-hybridized carbons (Fsp3) is 0.391. The molecule has 168 valence electrons. The summed E-state index contributed by atoms with van der Waals surface area (Å²) >= 11 is 0. The van der Waals surface area contributed by atoms with Gasteiger partial charge in [-0.25, -0.2) is 9.79 Å². The maximum atomic E-state index is 11.8. The number of guanidine groups is 1. The van der Waals surface area contributed by atoms with Crippen LogP contribution in [0, 0.1) is 6.92 Å². The van der Waals surface area contributed by atoms with Crippen LogP contribution in [0.4, 0.5) is 4.79 Å². The Labute approximate surface area is 201 Å². The summed E-state index contributed by atoms with van der Waals surface area (Å²) in [6, 6.07) is 15.9. The van der Waals surface area contributed by atoms with Crippen LogP contribution in [0.5, 0.6) is 11.5 Å². The van der Waals surface area contributed by atoms with E-state index in [0.29, 0.717) is 32.2 Å². The number of likely N-dealkylation sites (tertiary alicyclic amines) is 1. The average molecular weight is 538 g/mol.